The van der Waals surface area contributed by atoms with E-state index in [1.54, 1.807) is 11.3 Å². The van der Waals surface area contributed by atoms with Crippen LogP contribution in [0.2, 0.25) is 0 Å². The Bertz CT molecular complexity index is 759. The average Bonchev–Trinajstić information content (AvgIpc) is 3.27. The fraction of sp³-hybridized carbons (Fsp3) is 0.571. The second kappa shape index (κ2) is 7.08. The maximum absolute atomic E-state index is 10.7. The molecule has 3 N–H and O–H groups in total. The molecule has 1 aromatic heterocycles. The Labute approximate surface area is 154 Å². The predicted octanol–water partition coefficient (Wildman–Crippen LogP) is 4.76. The van der Waals surface area contributed by atoms with Gasteiger partial charge in [0.05, 0.1) is 10.7 Å². The van der Waals surface area contributed by atoms with Gasteiger partial charge in [-0.1, -0.05) is 0 Å². The van der Waals surface area contributed by atoms with Gasteiger partial charge in [0.2, 0.25) is 0 Å². The zero-order chi connectivity index (χ0) is 17.4. The van der Waals surface area contributed by atoms with Gasteiger partial charge in [-0.05, 0) is 93.4 Å². The van der Waals surface area contributed by atoms with Crippen LogP contribution in [0.5, 0.6) is 5.75 Å². The van der Waals surface area contributed by atoms with Crippen LogP contribution in [0, 0.1) is 12.8 Å². The minimum absolute atomic E-state index is 0.425. The molecule has 0 unspecified atom stereocenters. The molecule has 2 aromatic rings. The van der Waals surface area contributed by atoms with Gasteiger partial charge in [0.1, 0.15) is 5.75 Å². The van der Waals surface area contributed by atoms with Gasteiger partial charge in [0.15, 0.2) is 0 Å². The fourth-order valence-corrected chi connectivity index (χ4v) is 5.34. The first kappa shape index (κ1) is 17.0. The monoisotopic (exact) mass is 356 g/mol. The highest BCUT2D eigenvalue weighted by molar-refractivity contribution is 7.09. The van der Waals surface area contributed by atoms with Crippen molar-refractivity contribution in [1.29, 1.82) is 0 Å². The Morgan fingerprint density at radius 3 is 2.76 bits per heavy atom. The molecule has 0 saturated heterocycles. The summed E-state index contributed by atoms with van der Waals surface area (Å²) in [5.41, 5.74) is 11.7. The van der Waals surface area contributed by atoms with Crippen LogP contribution in [0.25, 0.3) is 11.3 Å². The molecule has 2 aliphatic carbocycles. The topological polar surface area (TPSA) is 59.1 Å². The number of fused-ring (bicyclic) bond motifs is 1. The van der Waals surface area contributed by atoms with Crippen molar-refractivity contribution in [3.05, 3.63) is 33.1 Å². The van der Waals surface area contributed by atoms with Crippen molar-refractivity contribution in [3.8, 4) is 17.0 Å². The van der Waals surface area contributed by atoms with Crippen molar-refractivity contribution >= 4 is 11.3 Å². The molecule has 2 aliphatic rings. The first-order valence-corrected chi connectivity index (χ1v) is 10.5. The lowest BCUT2D eigenvalue weighted by Gasteiger charge is -2.25. The van der Waals surface area contributed by atoms with Crippen molar-refractivity contribution < 1.29 is 5.11 Å². The van der Waals surface area contributed by atoms with Crippen molar-refractivity contribution in [1.82, 2.24) is 4.98 Å². The van der Waals surface area contributed by atoms with Crippen LogP contribution in [-0.2, 0) is 19.3 Å². The molecule has 1 aromatic carbocycles. The summed E-state index contributed by atoms with van der Waals surface area (Å²) in [6.07, 6.45) is 10.4. The van der Waals surface area contributed by atoms with Crippen LogP contribution in [0.3, 0.4) is 0 Å². The number of thiazole rings is 1. The standard InChI is InChI=1S/C21H28N2OS/c1-13-11-18(21(24)17-4-2-3-16(13)17)19-12-25-20(23-19)10-7-14-5-8-15(22)9-6-14/h11-12,14-15,24H,2-10,22H2,1H3. The third-order valence-corrected chi connectivity index (χ3v) is 6.99. The maximum atomic E-state index is 10.7. The van der Waals surface area contributed by atoms with Gasteiger partial charge < -0.3 is 10.8 Å². The van der Waals surface area contributed by atoms with Gasteiger partial charge in [0.25, 0.3) is 0 Å². The third kappa shape index (κ3) is 3.47. The SMILES string of the molecule is Cc1cc(-c2csc(CCC3CCC(N)CC3)n2)c(O)c2c1CCC2. The van der Waals surface area contributed by atoms with Crippen LogP contribution in [0.1, 0.15) is 60.2 Å². The summed E-state index contributed by atoms with van der Waals surface area (Å²) in [4.78, 5) is 4.84. The number of nitrogens with two attached hydrogens (primary N) is 1. The highest BCUT2D eigenvalue weighted by atomic mass is 32.1. The number of hydrogen-bond donors (Lipinski definition) is 2. The van der Waals surface area contributed by atoms with E-state index in [-0.39, 0.29) is 0 Å². The zero-order valence-corrected chi connectivity index (χ0v) is 15.9. The summed E-state index contributed by atoms with van der Waals surface area (Å²) in [6.45, 7) is 2.16. The Hall–Kier alpha value is -1.39. The van der Waals surface area contributed by atoms with Gasteiger partial charge in [-0.3, -0.25) is 0 Å². The number of nitrogens with zero attached hydrogens (tertiary/aromatic N) is 1. The number of rotatable bonds is 4. The molecule has 4 heteroatoms. The fourth-order valence-electron chi connectivity index (χ4n) is 4.52. The maximum Gasteiger partial charge on any atom is 0.128 e. The number of phenols is 1. The van der Waals surface area contributed by atoms with E-state index in [4.69, 9.17) is 10.7 Å². The summed E-state index contributed by atoms with van der Waals surface area (Å²) in [7, 11) is 0. The van der Waals surface area contributed by atoms with E-state index in [9.17, 15) is 5.11 Å². The van der Waals surface area contributed by atoms with E-state index in [1.807, 2.05) is 0 Å². The molecule has 0 amide bonds. The van der Waals surface area contributed by atoms with Crippen molar-refractivity contribution in [2.75, 3.05) is 0 Å². The molecule has 0 radical (unpaired) electrons. The van der Waals surface area contributed by atoms with Crippen molar-refractivity contribution in [3.63, 3.8) is 0 Å². The predicted molar refractivity (Wildman–Crippen MR) is 104 cm³/mol. The number of phenolic OH excluding ortho intramolecular Hbond substituents is 1. The lowest BCUT2D eigenvalue weighted by Crippen LogP contribution is -2.26. The average molecular weight is 357 g/mol. The van der Waals surface area contributed by atoms with Gasteiger partial charge in [0, 0.05) is 17.0 Å². The molecule has 1 saturated carbocycles. The molecule has 0 aliphatic heterocycles. The highest BCUT2D eigenvalue weighted by Crippen LogP contribution is 2.40. The molecule has 134 valence electrons. The molecule has 1 fully saturated rings. The Balaban J connectivity index is 1.47. The lowest BCUT2D eigenvalue weighted by molar-refractivity contribution is 0.311. The lowest BCUT2D eigenvalue weighted by atomic mass is 9.84. The summed E-state index contributed by atoms with van der Waals surface area (Å²) in [6, 6.07) is 2.55. The van der Waals surface area contributed by atoms with Crippen LogP contribution >= 0.6 is 11.3 Å². The zero-order valence-electron chi connectivity index (χ0n) is 15.1. The Morgan fingerprint density at radius 2 is 1.96 bits per heavy atom. The number of aromatic nitrogens is 1. The van der Waals surface area contributed by atoms with E-state index < -0.39 is 0 Å². The molecule has 4 rings (SSSR count). The second-order valence-corrected chi connectivity index (χ2v) is 8.79. The summed E-state index contributed by atoms with van der Waals surface area (Å²) >= 11 is 1.73. The van der Waals surface area contributed by atoms with E-state index in [0.29, 0.717) is 11.8 Å². The van der Waals surface area contributed by atoms with Crippen LogP contribution in [0.4, 0.5) is 0 Å². The largest absolute Gasteiger partial charge is 0.507 e. The molecular formula is C21H28N2OS. The first-order chi connectivity index (χ1) is 12.1. The number of hydrogen-bond acceptors (Lipinski definition) is 4. The van der Waals surface area contributed by atoms with Crippen molar-refractivity contribution in [2.24, 2.45) is 11.7 Å². The van der Waals surface area contributed by atoms with Crippen LogP contribution in [-0.4, -0.2) is 16.1 Å². The Morgan fingerprint density at radius 1 is 1.20 bits per heavy atom. The molecule has 0 spiro atoms. The van der Waals surface area contributed by atoms with Crippen LogP contribution < -0.4 is 5.73 Å². The van der Waals surface area contributed by atoms with Crippen molar-refractivity contribution in [2.45, 2.75) is 70.8 Å². The van der Waals surface area contributed by atoms with E-state index in [2.05, 4.69) is 18.4 Å². The summed E-state index contributed by atoms with van der Waals surface area (Å²) < 4.78 is 0. The molecule has 3 nitrogen and oxygen atoms in total. The quantitative estimate of drug-likeness (QED) is 0.830. The molecule has 0 bridgehead atoms. The van der Waals surface area contributed by atoms with E-state index in [1.165, 1.54) is 48.2 Å². The van der Waals surface area contributed by atoms with Crippen LogP contribution in [0.15, 0.2) is 11.4 Å². The third-order valence-electron chi connectivity index (χ3n) is 6.08. The molecule has 1 heterocycles. The van der Waals surface area contributed by atoms with Gasteiger partial charge >= 0.3 is 0 Å². The minimum atomic E-state index is 0.425. The smallest absolute Gasteiger partial charge is 0.128 e. The number of benzene rings is 1. The second-order valence-electron chi connectivity index (χ2n) is 7.85. The number of aromatic hydroxyl groups is 1. The van der Waals surface area contributed by atoms with Gasteiger partial charge in [-0.2, -0.15) is 0 Å². The molecule has 25 heavy (non-hydrogen) atoms. The number of aryl methyl sites for hydroxylation is 2. The summed E-state index contributed by atoms with van der Waals surface area (Å²) in [5.74, 6) is 1.28. The Kier molecular flexibility index (Phi) is 4.83. The normalized spacial score (nSPS) is 23.0. The van der Waals surface area contributed by atoms with E-state index in [0.717, 1.165) is 48.4 Å². The molecular weight excluding hydrogens is 328 g/mol. The molecule has 0 atom stereocenters. The minimum Gasteiger partial charge on any atom is -0.507 e. The van der Waals surface area contributed by atoms with Gasteiger partial charge in [-0.15, -0.1) is 11.3 Å². The highest BCUT2D eigenvalue weighted by Gasteiger charge is 2.22. The van der Waals surface area contributed by atoms with Gasteiger partial charge in [-0.25, -0.2) is 4.98 Å². The van der Waals surface area contributed by atoms with E-state index >= 15 is 0 Å². The first-order valence-electron chi connectivity index (χ1n) is 9.66. The summed E-state index contributed by atoms with van der Waals surface area (Å²) in [5, 5.41) is 14.0.